The molecule has 0 saturated carbocycles. The van der Waals surface area contributed by atoms with Crippen LogP contribution in [0, 0.1) is 0 Å². The number of hydrogen-bond donors (Lipinski definition) is 0. The van der Waals surface area contributed by atoms with Crippen LogP contribution in [0.1, 0.15) is 13.8 Å². The van der Waals surface area contributed by atoms with Crippen molar-refractivity contribution in [3.8, 4) is 0 Å². The van der Waals surface area contributed by atoms with Crippen molar-refractivity contribution in [1.29, 1.82) is 0 Å². The minimum absolute atomic E-state index is 0.929. The molecule has 0 saturated heterocycles. The van der Waals surface area contributed by atoms with Gasteiger partial charge in [0.2, 0.25) is 0 Å². The van der Waals surface area contributed by atoms with E-state index in [0.717, 1.165) is 16.7 Å². The molecule has 16 heavy (non-hydrogen) atoms. The van der Waals surface area contributed by atoms with Crippen LogP contribution in [0.4, 0.5) is 0 Å². The summed E-state index contributed by atoms with van der Waals surface area (Å²) in [6, 6.07) is 0. The molecule has 0 rings (SSSR count). The topological polar surface area (TPSA) is 0 Å². The van der Waals surface area contributed by atoms with Gasteiger partial charge in [0.25, 0.3) is 0 Å². The number of hydrogen-bond acceptors (Lipinski definition) is 0. The highest BCUT2D eigenvalue weighted by atomic mass is 14.0. The van der Waals surface area contributed by atoms with Gasteiger partial charge in [-0.2, -0.15) is 0 Å². The zero-order valence-electron chi connectivity index (χ0n) is 10.2. The lowest BCUT2D eigenvalue weighted by molar-refractivity contribution is 1.40. The lowest BCUT2D eigenvalue weighted by atomic mass is 10.0. The Morgan fingerprint density at radius 2 is 1.69 bits per heavy atom. The van der Waals surface area contributed by atoms with Gasteiger partial charge < -0.3 is 0 Å². The molecule has 0 fully saturated rings. The summed E-state index contributed by atoms with van der Waals surface area (Å²) in [5.74, 6) is 0. The van der Waals surface area contributed by atoms with Gasteiger partial charge in [-0.05, 0) is 30.6 Å². The van der Waals surface area contributed by atoms with Crippen molar-refractivity contribution >= 4 is 0 Å². The van der Waals surface area contributed by atoms with Gasteiger partial charge in [-0.25, -0.2) is 0 Å². The van der Waals surface area contributed by atoms with E-state index in [1.54, 1.807) is 6.08 Å². The van der Waals surface area contributed by atoms with Crippen molar-refractivity contribution < 1.29 is 0 Å². The summed E-state index contributed by atoms with van der Waals surface area (Å²) < 4.78 is 0. The van der Waals surface area contributed by atoms with Crippen LogP contribution in [0.15, 0.2) is 85.1 Å². The highest BCUT2D eigenvalue weighted by Gasteiger charge is 1.97. The fourth-order valence-corrected chi connectivity index (χ4v) is 1.02. The molecule has 0 nitrogen and oxygen atoms in total. The first-order valence-electron chi connectivity index (χ1n) is 5.27. The predicted octanol–water partition coefficient (Wildman–Crippen LogP) is 4.92. The summed E-state index contributed by atoms with van der Waals surface area (Å²) >= 11 is 0. The summed E-state index contributed by atoms with van der Waals surface area (Å²) in [4.78, 5) is 0. The quantitative estimate of drug-likeness (QED) is 0.548. The molecule has 0 aromatic carbocycles. The van der Waals surface area contributed by atoms with Gasteiger partial charge in [0.15, 0.2) is 0 Å². The zero-order valence-corrected chi connectivity index (χ0v) is 10.2. The summed E-state index contributed by atoms with van der Waals surface area (Å²) in [7, 11) is 0. The Hall–Kier alpha value is -1.82. The van der Waals surface area contributed by atoms with Gasteiger partial charge in [-0.15, -0.1) is 0 Å². The first kappa shape index (κ1) is 14.2. The minimum Gasteiger partial charge on any atom is -0.0991 e. The minimum atomic E-state index is 0.929. The van der Waals surface area contributed by atoms with Gasteiger partial charge in [-0.3, -0.25) is 0 Å². The Morgan fingerprint density at radius 3 is 2.25 bits per heavy atom. The molecule has 0 heterocycles. The third kappa shape index (κ3) is 5.82. The second-order valence-corrected chi connectivity index (χ2v) is 3.36. The smallest absolute Gasteiger partial charge is 0.0233 e. The maximum Gasteiger partial charge on any atom is -0.0233 e. The van der Waals surface area contributed by atoms with E-state index < -0.39 is 0 Å². The van der Waals surface area contributed by atoms with Gasteiger partial charge in [0.05, 0.1) is 0 Å². The fourth-order valence-electron chi connectivity index (χ4n) is 1.02. The Labute approximate surface area is 99.4 Å². The van der Waals surface area contributed by atoms with Gasteiger partial charge in [-0.1, -0.05) is 68.3 Å². The molecular formula is C16H20. The van der Waals surface area contributed by atoms with Crippen LogP contribution >= 0.6 is 0 Å². The normalized spacial score (nSPS) is 12.8. The molecule has 0 bridgehead atoms. The van der Waals surface area contributed by atoms with Gasteiger partial charge in [0.1, 0.15) is 0 Å². The molecular weight excluding hydrogens is 192 g/mol. The van der Waals surface area contributed by atoms with Crippen LogP contribution in [0.5, 0.6) is 0 Å². The SMILES string of the molecule is C=C/C=C\C=C(/C)C(=C)C(=C)/C=C\C=C/C. The molecule has 0 aromatic rings. The Balaban J connectivity index is 4.55. The second kappa shape index (κ2) is 8.49. The van der Waals surface area contributed by atoms with E-state index in [0.29, 0.717) is 0 Å². The molecule has 0 aromatic heterocycles. The molecule has 0 aliphatic rings. The molecule has 0 radical (unpaired) electrons. The van der Waals surface area contributed by atoms with Crippen LogP contribution < -0.4 is 0 Å². The largest absolute Gasteiger partial charge is 0.0991 e. The molecule has 0 N–H and O–H groups in total. The third-order valence-electron chi connectivity index (χ3n) is 2.06. The maximum absolute atomic E-state index is 4.01. The highest BCUT2D eigenvalue weighted by Crippen LogP contribution is 2.16. The van der Waals surface area contributed by atoms with Crippen LogP contribution in [0.3, 0.4) is 0 Å². The van der Waals surface area contributed by atoms with E-state index in [9.17, 15) is 0 Å². The highest BCUT2D eigenvalue weighted by molar-refractivity contribution is 5.49. The molecule has 0 atom stereocenters. The summed E-state index contributed by atoms with van der Waals surface area (Å²) in [5, 5.41) is 0. The lowest BCUT2D eigenvalue weighted by Gasteiger charge is -2.04. The molecule has 0 aliphatic heterocycles. The average molecular weight is 212 g/mol. The molecule has 0 unspecified atom stereocenters. The molecule has 0 amide bonds. The molecule has 0 aliphatic carbocycles. The fraction of sp³-hybridized carbons (Fsp3) is 0.125. The summed E-state index contributed by atoms with van der Waals surface area (Å²) in [5.41, 5.74) is 2.99. The Bertz CT molecular complexity index is 371. The van der Waals surface area contributed by atoms with Crippen molar-refractivity contribution in [1.82, 2.24) is 0 Å². The maximum atomic E-state index is 4.01. The van der Waals surface area contributed by atoms with Crippen LogP contribution in [-0.2, 0) is 0 Å². The monoisotopic (exact) mass is 212 g/mol. The summed E-state index contributed by atoms with van der Waals surface area (Å²) in [6.45, 7) is 15.6. The van der Waals surface area contributed by atoms with E-state index in [1.165, 1.54) is 0 Å². The van der Waals surface area contributed by atoms with Gasteiger partial charge >= 0.3 is 0 Å². The first-order chi connectivity index (χ1) is 7.63. The number of allylic oxidation sites excluding steroid dienone is 11. The van der Waals surface area contributed by atoms with E-state index >= 15 is 0 Å². The van der Waals surface area contributed by atoms with Crippen molar-refractivity contribution in [2.45, 2.75) is 13.8 Å². The lowest BCUT2D eigenvalue weighted by Crippen LogP contribution is -1.84. The van der Waals surface area contributed by atoms with Crippen molar-refractivity contribution in [3.63, 3.8) is 0 Å². The molecule has 0 heteroatoms. The van der Waals surface area contributed by atoms with Crippen molar-refractivity contribution in [3.05, 3.63) is 85.1 Å². The second-order valence-electron chi connectivity index (χ2n) is 3.36. The average Bonchev–Trinajstić information content (AvgIpc) is 2.28. The van der Waals surface area contributed by atoms with Crippen LogP contribution in [0.2, 0.25) is 0 Å². The Kier molecular flexibility index (Phi) is 7.52. The van der Waals surface area contributed by atoms with Crippen molar-refractivity contribution in [2.24, 2.45) is 0 Å². The van der Waals surface area contributed by atoms with Crippen LogP contribution in [0.25, 0.3) is 0 Å². The molecule has 0 spiro atoms. The summed E-state index contributed by atoms with van der Waals surface area (Å²) in [6.07, 6.45) is 15.4. The predicted molar refractivity (Wildman–Crippen MR) is 75.3 cm³/mol. The van der Waals surface area contributed by atoms with E-state index in [-0.39, 0.29) is 0 Å². The van der Waals surface area contributed by atoms with Gasteiger partial charge in [0, 0.05) is 0 Å². The van der Waals surface area contributed by atoms with E-state index in [4.69, 9.17) is 0 Å². The van der Waals surface area contributed by atoms with E-state index in [1.807, 2.05) is 56.4 Å². The Morgan fingerprint density at radius 1 is 1.00 bits per heavy atom. The zero-order chi connectivity index (χ0) is 12.4. The van der Waals surface area contributed by atoms with Crippen molar-refractivity contribution in [2.75, 3.05) is 0 Å². The number of rotatable bonds is 6. The third-order valence-corrected chi connectivity index (χ3v) is 2.06. The molecule has 84 valence electrons. The standard InChI is InChI=1S/C16H20/c1-6-8-10-12-14(3)16(5)15(4)13-11-9-7-2/h6-13H,1,4-5H2,2-3H3/b9-7-,10-8-,13-11-,14-12+. The van der Waals surface area contributed by atoms with E-state index in [2.05, 4.69) is 19.7 Å². The van der Waals surface area contributed by atoms with Crippen LogP contribution in [-0.4, -0.2) is 0 Å². The first-order valence-corrected chi connectivity index (χ1v) is 5.27.